The monoisotopic (exact) mass is 479 g/mol. The Balaban J connectivity index is 1.31. The average molecular weight is 480 g/mol. The summed E-state index contributed by atoms with van der Waals surface area (Å²) in [6.07, 6.45) is 0.592. The molecule has 0 spiro atoms. The van der Waals surface area contributed by atoms with Gasteiger partial charge in [0.05, 0.1) is 16.5 Å². The molecule has 0 radical (unpaired) electrons. The highest BCUT2D eigenvalue weighted by Crippen LogP contribution is 2.26. The highest BCUT2D eigenvalue weighted by Gasteiger charge is 2.14. The van der Waals surface area contributed by atoms with E-state index < -0.39 is 10.7 Å². The van der Waals surface area contributed by atoms with Crippen LogP contribution in [0.3, 0.4) is 0 Å². The Kier molecular flexibility index (Phi) is 6.73. The second kappa shape index (κ2) is 9.87. The zero-order valence-electron chi connectivity index (χ0n) is 18.5. The van der Waals surface area contributed by atoms with Crippen molar-refractivity contribution in [2.75, 3.05) is 5.32 Å². The predicted molar refractivity (Wildman–Crippen MR) is 127 cm³/mol. The van der Waals surface area contributed by atoms with Gasteiger partial charge in [0, 0.05) is 41.0 Å². The summed E-state index contributed by atoms with van der Waals surface area (Å²) < 4.78 is 6.47. The molecule has 0 aliphatic rings. The number of non-ortho nitro benzene ring substituents is 1. The molecule has 0 saturated carbocycles. The number of hydrogen-bond acceptors (Lipinski definition) is 8. The number of carbonyl (C=O) groups excluding carboxylic acids is 1. The van der Waals surface area contributed by atoms with E-state index in [-0.39, 0.29) is 30.1 Å². The van der Waals surface area contributed by atoms with Crippen LogP contribution < -0.4 is 11.1 Å². The standard InChI is InChI=1S/C23H21N5O5S/c1-14-12-15(2)25-22(24-14)34-18-8-5-16(6-9-18)26-21(29)4-3-11-27-19-10-7-17(28(31)32)13-20(19)33-23(27)30/h5-10,12-13H,3-4,11H2,1-2H3,(H,26,29). The van der Waals surface area contributed by atoms with Crippen molar-refractivity contribution in [3.05, 3.63) is 80.6 Å². The smallest absolute Gasteiger partial charge is 0.407 e. The van der Waals surface area contributed by atoms with Gasteiger partial charge in [-0.15, -0.1) is 0 Å². The van der Waals surface area contributed by atoms with Crippen molar-refractivity contribution in [1.29, 1.82) is 0 Å². The third-order valence-electron chi connectivity index (χ3n) is 4.96. The van der Waals surface area contributed by atoms with Crippen LogP contribution in [0.25, 0.3) is 11.1 Å². The Hall–Kier alpha value is -3.99. The van der Waals surface area contributed by atoms with Crippen molar-refractivity contribution in [2.24, 2.45) is 0 Å². The number of oxazole rings is 1. The van der Waals surface area contributed by atoms with Crippen LogP contribution in [0.4, 0.5) is 11.4 Å². The molecular formula is C23H21N5O5S. The zero-order valence-corrected chi connectivity index (χ0v) is 19.3. The fourth-order valence-electron chi connectivity index (χ4n) is 3.45. The minimum atomic E-state index is -0.614. The van der Waals surface area contributed by atoms with Gasteiger partial charge in [0.25, 0.3) is 5.69 Å². The van der Waals surface area contributed by atoms with Gasteiger partial charge in [-0.05, 0) is 68.4 Å². The van der Waals surface area contributed by atoms with Gasteiger partial charge in [-0.2, -0.15) is 0 Å². The molecule has 0 aliphatic heterocycles. The summed E-state index contributed by atoms with van der Waals surface area (Å²) in [5.41, 5.74) is 2.93. The van der Waals surface area contributed by atoms with Crippen molar-refractivity contribution in [3.63, 3.8) is 0 Å². The molecule has 0 saturated heterocycles. The summed E-state index contributed by atoms with van der Waals surface area (Å²) in [5.74, 6) is -0.800. The lowest BCUT2D eigenvalue weighted by Crippen LogP contribution is -2.17. The number of carbonyl (C=O) groups is 1. The summed E-state index contributed by atoms with van der Waals surface area (Å²) in [5, 5.41) is 14.4. The minimum absolute atomic E-state index is 0.146. The Labute approximate surface area is 198 Å². The summed E-state index contributed by atoms with van der Waals surface area (Å²) in [7, 11) is 0. The lowest BCUT2D eigenvalue weighted by molar-refractivity contribution is -0.384. The van der Waals surface area contributed by atoms with Gasteiger partial charge in [0.15, 0.2) is 10.7 Å². The van der Waals surface area contributed by atoms with Crippen molar-refractivity contribution in [2.45, 2.75) is 43.3 Å². The molecule has 174 valence electrons. The number of rotatable bonds is 8. The van der Waals surface area contributed by atoms with Crippen LogP contribution in [0.2, 0.25) is 0 Å². The van der Waals surface area contributed by atoms with Crippen LogP contribution in [0.15, 0.2) is 67.8 Å². The largest absolute Gasteiger partial charge is 0.419 e. The molecule has 10 nitrogen and oxygen atoms in total. The van der Waals surface area contributed by atoms with Gasteiger partial charge in [0.1, 0.15) is 0 Å². The first-order chi connectivity index (χ1) is 16.3. The number of benzene rings is 2. The van der Waals surface area contributed by atoms with Gasteiger partial charge in [-0.3, -0.25) is 19.5 Å². The zero-order chi connectivity index (χ0) is 24.2. The van der Waals surface area contributed by atoms with E-state index >= 15 is 0 Å². The first-order valence-electron chi connectivity index (χ1n) is 10.5. The molecule has 0 unspecified atom stereocenters. The Morgan fingerprint density at radius 3 is 2.50 bits per heavy atom. The normalized spacial score (nSPS) is 11.0. The molecule has 2 aromatic heterocycles. The fraction of sp³-hybridized carbons (Fsp3) is 0.217. The van der Waals surface area contributed by atoms with Gasteiger partial charge in [-0.1, -0.05) is 0 Å². The van der Waals surface area contributed by atoms with Gasteiger partial charge < -0.3 is 9.73 Å². The molecule has 0 fully saturated rings. The Morgan fingerprint density at radius 1 is 1.12 bits per heavy atom. The number of nitro groups is 1. The number of nitrogens with one attached hydrogen (secondary N) is 1. The molecule has 11 heteroatoms. The van der Waals surface area contributed by atoms with E-state index in [1.165, 1.54) is 34.5 Å². The second-order valence-corrected chi connectivity index (χ2v) is 8.68. The topological polar surface area (TPSA) is 133 Å². The van der Waals surface area contributed by atoms with Crippen LogP contribution in [0.5, 0.6) is 0 Å². The van der Waals surface area contributed by atoms with Crippen molar-refractivity contribution >= 4 is 40.1 Å². The highest BCUT2D eigenvalue weighted by molar-refractivity contribution is 7.99. The van der Waals surface area contributed by atoms with Crippen LogP contribution in [0, 0.1) is 24.0 Å². The molecule has 1 N–H and O–H groups in total. The molecule has 2 heterocycles. The number of nitro benzene ring substituents is 1. The van der Waals surface area contributed by atoms with Crippen LogP contribution in [0.1, 0.15) is 24.2 Å². The van der Waals surface area contributed by atoms with E-state index in [1.807, 2.05) is 44.2 Å². The third kappa shape index (κ3) is 5.49. The molecule has 1 amide bonds. The maximum absolute atomic E-state index is 12.3. The SMILES string of the molecule is Cc1cc(C)nc(Sc2ccc(NC(=O)CCCn3c(=O)oc4cc([N+](=O)[O-])ccc43)cc2)n1. The summed E-state index contributed by atoms with van der Waals surface area (Å²) in [6.45, 7) is 4.10. The third-order valence-corrected chi connectivity index (χ3v) is 5.83. The first kappa shape index (κ1) is 23.2. The number of fused-ring (bicyclic) bond motifs is 1. The molecular weight excluding hydrogens is 458 g/mol. The molecule has 0 bridgehead atoms. The van der Waals surface area contributed by atoms with Crippen molar-refractivity contribution in [3.8, 4) is 0 Å². The number of anilines is 1. The predicted octanol–water partition coefficient (Wildman–Crippen LogP) is 4.48. The quantitative estimate of drug-likeness (QED) is 0.222. The molecule has 4 rings (SSSR count). The van der Waals surface area contributed by atoms with E-state index in [1.54, 1.807) is 0 Å². The lowest BCUT2D eigenvalue weighted by Gasteiger charge is -2.07. The number of aromatic nitrogens is 3. The summed E-state index contributed by atoms with van der Waals surface area (Å²) in [6, 6.07) is 13.3. The maximum Gasteiger partial charge on any atom is 0.419 e. The van der Waals surface area contributed by atoms with Crippen LogP contribution >= 0.6 is 11.8 Å². The van der Waals surface area contributed by atoms with E-state index in [2.05, 4.69) is 15.3 Å². The van der Waals surface area contributed by atoms with Gasteiger partial charge in [-0.25, -0.2) is 14.8 Å². The van der Waals surface area contributed by atoms with E-state index in [0.717, 1.165) is 16.3 Å². The molecule has 0 atom stereocenters. The van der Waals surface area contributed by atoms with Crippen LogP contribution in [-0.2, 0) is 11.3 Å². The first-order valence-corrected chi connectivity index (χ1v) is 11.3. The van der Waals surface area contributed by atoms with E-state index in [9.17, 15) is 19.7 Å². The summed E-state index contributed by atoms with van der Waals surface area (Å²) in [4.78, 5) is 44.6. The second-order valence-electron chi connectivity index (χ2n) is 7.64. The average Bonchev–Trinajstić information content (AvgIpc) is 3.08. The van der Waals surface area contributed by atoms with Crippen LogP contribution in [-0.4, -0.2) is 25.4 Å². The number of aryl methyl sites for hydroxylation is 3. The maximum atomic E-state index is 12.3. The van der Waals surface area contributed by atoms with Gasteiger partial charge >= 0.3 is 5.76 Å². The van der Waals surface area contributed by atoms with Gasteiger partial charge in [0.2, 0.25) is 5.91 Å². The number of amides is 1. The molecule has 0 aliphatic carbocycles. The number of nitrogens with zero attached hydrogens (tertiary/aromatic N) is 4. The molecule has 2 aromatic carbocycles. The lowest BCUT2D eigenvalue weighted by atomic mass is 10.2. The van der Waals surface area contributed by atoms with E-state index in [0.29, 0.717) is 22.8 Å². The fourth-order valence-corrected chi connectivity index (χ4v) is 4.31. The number of hydrogen-bond donors (Lipinski definition) is 1. The molecule has 4 aromatic rings. The van der Waals surface area contributed by atoms with E-state index in [4.69, 9.17) is 4.42 Å². The van der Waals surface area contributed by atoms with Crippen molar-refractivity contribution in [1.82, 2.24) is 14.5 Å². The highest BCUT2D eigenvalue weighted by atomic mass is 32.2. The van der Waals surface area contributed by atoms with Crippen molar-refractivity contribution < 1.29 is 14.1 Å². The molecule has 34 heavy (non-hydrogen) atoms. The Bertz CT molecular complexity index is 1410. The Morgan fingerprint density at radius 2 is 1.82 bits per heavy atom. The minimum Gasteiger partial charge on any atom is -0.407 e. The summed E-state index contributed by atoms with van der Waals surface area (Å²) >= 11 is 1.45.